The van der Waals surface area contributed by atoms with E-state index in [0.717, 1.165) is 11.4 Å². The number of nitrogens with one attached hydrogen (secondary N) is 1. The summed E-state index contributed by atoms with van der Waals surface area (Å²) in [5.74, 6) is -0.452. The first-order valence-electron chi connectivity index (χ1n) is 6.52. The van der Waals surface area contributed by atoms with Gasteiger partial charge in [-0.15, -0.1) is 10.2 Å². The monoisotopic (exact) mass is 321 g/mol. The van der Waals surface area contributed by atoms with Crippen molar-refractivity contribution in [3.8, 4) is 0 Å². The third-order valence-electron chi connectivity index (χ3n) is 2.91. The number of carbonyl (C=O) groups is 1. The first-order chi connectivity index (χ1) is 10.4. The van der Waals surface area contributed by atoms with Gasteiger partial charge in [0.2, 0.25) is 5.13 Å². The van der Waals surface area contributed by atoms with Gasteiger partial charge in [-0.2, -0.15) is 0 Å². The van der Waals surface area contributed by atoms with Crippen LogP contribution in [-0.2, 0) is 6.42 Å². The van der Waals surface area contributed by atoms with Gasteiger partial charge in [-0.1, -0.05) is 18.3 Å². The Bertz CT molecular complexity index is 713. The van der Waals surface area contributed by atoms with E-state index >= 15 is 0 Å². The van der Waals surface area contributed by atoms with Crippen LogP contribution in [0.25, 0.3) is 0 Å². The number of nitro benzene ring substituents is 1. The largest absolute Gasteiger partial charge is 0.372 e. The SMILES string of the molecule is CCc1nnc(NC(=O)c2ccc(N(C)C)c([N+](=O)[O-])c2)s1. The summed E-state index contributed by atoms with van der Waals surface area (Å²) in [6, 6.07) is 4.34. The van der Waals surface area contributed by atoms with Gasteiger partial charge in [-0.25, -0.2) is 0 Å². The van der Waals surface area contributed by atoms with Crippen LogP contribution in [0.1, 0.15) is 22.3 Å². The molecule has 0 aliphatic rings. The van der Waals surface area contributed by atoms with E-state index in [-0.39, 0.29) is 11.3 Å². The second kappa shape index (κ2) is 6.48. The molecule has 0 unspecified atom stereocenters. The molecule has 2 rings (SSSR count). The van der Waals surface area contributed by atoms with Crippen molar-refractivity contribution in [2.75, 3.05) is 24.3 Å². The van der Waals surface area contributed by atoms with Crippen LogP contribution in [-0.4, -0.2) is 35.1 Å². The maximum absolute atomic E-state index is 12.2. The van der Waals surface area contributed by atoms with Crippen molar-refractivity contribution < 1.29 is 9.72 Å². The summed E-state index contributed by atoms with van der Waals surface area (Å²) in [5, 5.41) is 22.7. The predicted molar refractivity (Wildman–Crippen MR) is 84.7 cm³/mol. The molecule has 0 fully saturated rings. The average Bonchev–Trinajstić information content (AvgIpc) is 2.94. The summed E-state index contributed by atoms with van der Waals surface area (Å²) < 4.78 is 0. The Morgan fingerprint density at radius 2 is 2.14 bits per heavy atom. The van der Waals surface area contributed by atoms with Gasteiger partial charge in [0.05, 0.1) is 4.92 Å². The van der Waals surface area contributed by atoms with E-state index in [9.17, 15) is 14.9 Å². The number of carbonyl (C=O) groups excluding carboxylic acids is 1. The molecule has 1 aromatic carbocycles. The van der Waals surface area contributed by atoms with E-state index in [1.165, 1.54) is 17.4 Å². The number of hydrogen-bond donors (Lipinski definition) is 1. The Labute approximate surface area is 130 Å². The number of amides is 1. The van der Waals surface area contributed by atoms with Gasteiger partial charge in [0.15, 0.2) is 0 Å². The lowest BCUT2D eigenvalue weighted by molar-refractivity contribution is -0.384. The van der Waals surface area contributed by atoms with Crippen molar-refractivity contribution in [2.24, 2.45) is 0 Å². The summed E-state index contributed by atoms with van der Waals surface area (Å²) in [6.45, 7) is 1.94. The van der Waals surface area contributed by atoms with Crippen LogP contribution in [0.5, 0.6) is 0 Å². The second-order valence-electron chi connectivity index (χ2n) is 4.66. The number of anilines is 2. The van der Waals surface area contributed by atoms with E-state index in [0.29, 0.717) is 10.8 Å². The number of aromatic nitrogens is 2. The molecular formula is C13H15N5O3S. The van der Waals surface area contributed by atoms with E-state index in [1.54, 1.807) is 31.1 Å². The molecule has 22 heavy (non-hydrogen) atoms. The highest BCUT2D eigenvalue weighted by Gasteiger charge is 2.19. The molecule has 0 aliphatic carbocycles. The van der Waals surface area contributed by atoms with Crippen molar-refractivity contribution in [3.63, 3.8) is 0 Å². The maximum Gasteiger partial charge on any atom is 0.293 e. The third kappa shape index (κ3) is 3.37. The maximum atomic E-state index is 12.2. The zero-order chi connectivity index (χ0) is 16.3. The molecule has 1 N–H and O–H groups in total. The molecule has 0 bridgehead atoms. The zero-order valence-corrected chi connectivity index (χ0v) is 13.2. The minimum atomic E-state index is -0.508. The predicted octanol–water partition coefficient (Wildman–Crippen LogP) is 2.33. The summed E-state index contributed by atoms with van der Waals surface area (Å²) in [7, 11) is 3.41. The number of aryl methyl sites for hydroxylation is 1. The normalized spacial score (nSPS) is 10.3. The Hall–Kier alpha value is -2.55. The minimum absolute atomic E-state index is 0.121. The van der Waals surface area contributed by atoms with Gasteiger partial charge in [-0.05, 0) is 18.6 Å². The van der Waals surface area contributed by atoms with Crippen molar-refractivity contribution >= 4 is 33.8 Å². The van der Waals surface area contributed by atoms with Gasteiger partial charge < -0.3 is 4.90 Å². The number of benzene rings is 1. The van der Waals surface area contributed by atoms with Crippen LogP contribution < -0.4 is 10.2 Å². The van der Waals surface area contributed by atoms with E-state index in [4.69, 9.17) is 0 Å². The molecule has 0 spiro atoms. The second-order valence-corrected chi connectivity index (χ2v) is 5.73. The van der Waals surface area contributed by atoms with E-state index < -0.39 is 10.8 Å². The topological polar surface area (TPSA) is 101 Å². The van der Waals surface area contributed by atoms with Crippen molar-refractivity contribution in [1.82, 2.24) is 10.2 Å². The molecule has 1 heterocycles. The van der Waals surface area contributed by atoms with Gasteiger partial charge in [0, 0.05) is 25.7 Å². The Morgan fingerprint density at radius 1 is 1.41 bits per heavy atom. The molecule has 2 aromatic rings. The first kappa shape index (κ1) is 15.8. The Balaban J connectivity index is 2.26. The van der Waals surface area contributed by atoms with Gasteiger partial charge in [-0.3, -0.25) is 20.2 Å². The van der Waals surface area contributed by atoms with Crippen molar-refractivity contribution in [2.45, 2.75) is 13.3 Å². The quantitative estimate of drug-likeness (QED) is 0.670. The van der Waals surface area contributed by atoms with Crippen LogP contribution in [0.4, 0.5) is 16.5 Å². The zero-order valence-electron chi connectivity index (χ0n) is 12.4. The lowest BCUT2D eigenvalue weighted by Crippen LogP contribution is -2.14. The molecule has 0 aliphatic heterocycles. The van der Waals surface area contributed by atoms with Crippen LogP contribution in [0.3, 0.4) is 0 Å². The highest BCUT2D eigenvalue weighted by molar-refractivity contribution is 7.15. The fourth-order valence-electron chi connectivity index (χ4n) is 1.81. The molecule has 0 saturated heterocycles. The number of nitrogens with zero attached hydrogens (tertiary/aromatic N) is 4. The average molecular weight is 321 g/mol. The molecule has 9 heteroatoms. The van der Waals surface area contributed by atoms with Crippen LogP contribution in [0.15, 0.2) is 18.2 Å². The number of nitro groups is 1. The lowest BCUT2D eigenvalue weighted by atomic mass is 10.1. The number of rotatable bonds is 5. The Kier molecular flexibility index (Phi) is 4.66. The summed E-state index contributed by atoms with van der Waals surface area (Å²) >= 11 is 1.28. The molecule has 0 atom stereocenters. The summed E-state index contributed by atoms with van der Waals surface area (Å²) in [5.41, 5.74) is 0.514. The third-order valence-corrected chi connectivity index (χ3v) is 3.89. The van der Waals surface area contributed by atoms with E-state index in [1.807, 2.05) is 6.92 Å². The summed E-state index contributed by atoms with van der Waals surface area (Å²) in [4.78, 5) is 24.4. The van der Waals surface area contributed by atoms with Crippen LogP contribution in [0, 0.1) is 10.1 Å². The fraction of sp³-hybridized carbons (Fsp3) is 0.308. The Morgan fingerprint density at radius 3 is 2.68 bits per heavy atom. The smallest absolute Gasteiger partial charge is 0.293 e. The molecular weight excluding hydrogens is 306 g/mol. The van der Waals surface area contributed by atoms with Crippen molar-refractivity contribution in [3.05, 3.63) is 38.9 Å². The van der Waals surface area contributed by atoms with E-state index in [2.05, 4.69) is 15.5 Å². The minimum Gasteiger partial charge on any atom is -0.372 e. The molecule has 116 valence electrons. The molecule has 0 saturated carbocycles. The standard InChI is InChI=1S/C13H15N5O3S/c1-4-11-15-16-13(22-11)14-12(19)8-5-6-9(17(2)3)10(7-8)18(20)21/h5-7H,4H2,1-3H3,(H,14,16,19). The molecule has 8 nitrogen and oxygen atoms in total. The molecule has 1 amide bonds. The molecule has 1 aromatic heterocycles. The lowest BCUT2D eigenvalue weighted by Gasteiger charge is -2.13. The molecule has 0 radical (unpaired) electrons. The highest BCUT2D eigenvalue weighted by atomic mass is 32.1. The number of hydrogen-bond acceptors (Lipinski definition) is 7. The van der Waals surface area contributed by atoms with Crippen LogP contribution >= 0.6 is 11.3 Å². The van der Waals surface area contributed by atoms with Gasteiger partial charge >= 0.3 is 0 Å². The first-order valence-corrected chi connectivity index (χ1v) is 7.33. The van der Waals surface area contributed by atoms with Gasteiger partial charge in [0.1, 0.15) is 10.7 Å². The van der Waals surface area contributed by atoms with Gasteiger partial charge in [0.25, 0.3) is 11.6 Å². The highest BCUT2D eigenvalue weighted by Crippen LogP contribution is 2.28. The van der Waals surface area contributed by atoms with Crippen molar-refractivity contribution in [1.29, 1.82) is 0 Å². The fourth-order valence-corrected chi connectivity index (χ4v) is 2.48. The van der Waals surface area contributed by atoms with Crippen LogP contribution in [0.2, 0.25) is 0 Å². The summed E-state index contributed by atoms with van der Waals surface area (Å²) in [6.07, 6.45) is 0.733.